The van der Waals surface area contributed by atoms with Gasteiger partial charge in [0, 0.05) is 33.1 Å². The van der Waals surface area contributed by atoms with Crippen molar-refractivity contribution in [2.75, 3.05) is 31.5 Å². The van der Waals surface area contributed by atoms with Gasteiger partial charge in [0.1, 0.15) is 0 Å². The molecule has 9 nitrogen and oxygen atoms in total. The molecular weight excluding hydrogens is 446 g/mol. The van der Waals surface area contributed by atoms with Crippen molar-refractivity contribution in [2.24, 2.45) is 0 Å². The third kappa shape index (κ3) is 5.58. The van der Waals surface area contributed by atoms with Crippen LogP contribution < -0.4 is 5.32 Å². The number of nitrogens with zero attached hydrogens (tertiary/aromatic N) is 2. The molecule has 10 heteroatoms. The average Bonchev–Trinajstić information content (AvgIpc) is 2.80. The van der Waals surface area contributed by atoms with Gasteiger partial charge < -0.3 is 15.0 Å². The first kappa shape index (κ1) is 24.4. The highest BCUT2D eigenvalue weighted by Crippen LogP contribution is 2.23. The number of ether oxygens (including phenoxy) is 1. The monoisotopic (exact) mass is 473 g/mol. The van der Waals surface area contributed by atoms with Crippen LogP contribution in [0.2, 0.25) is 0 Å². The molecule has 1 aliphatic rings. The fraction of sp³-hybridized carbons (Fsp3) is 0.348. The predicted molar refractivity (Wildman–Crippen MR) is 122 cm³/mol. The molecule has 1 N–H and O–H groups in total. The summed E-state index contributed by atoms with van der Waals surface area (Å²) in [7, 11) is -3.63. The van der Waals surface area contributed by atoms with Gasteiger partial charge in [0.25, 0.3) is 5.91 Å². The van der Waals surface area contributed by atoms with Crippen molar-refractivity contribution in [3.63, 3.8) is 0 Å². The number of rotatable bonds is 6. The number of carbonyl (C=O) groups excluding carboxylic acids is 3. The number of benzene rings is 2. The summed E-state index contributed by atoms with van der Waals surface area (Å²) >= 11 is 0. The Labute approximate surface area is 193 Å². The minimum atomic E-state index is -3.63. The lowest BCUT2D eigenvalue weighted by molar-refractivity contribution is -0.141. The van der Waals surface area contributed by atoms with Gasteiger partial charge in [-0.1, -0.05) is 30.3 Å². The van der Waals surface area contributed by atoms with E-state index in [1.807, 2.05) is 0 Å². The lowest BCUT2D eigenvalue weighted by Crippen LogP contribution is -2.52. The van der Waals surface area contributed by atoms with Crippen molar-refractivity contribution in [1.82, 2.24) is 9.21 Å². The topological polar surface area (TPSA) is 113 Å². The minimum Gasteiger partial charge on any atom is -0.449 e. The summed E-state index contributed by atoms with van der Waals surface area (Å²) in [4.78, 5) is 38.7. The van der Waals surface area contributed by atoms with Crippen LogP contribution in [0, 0.1) is 6.92 Å². The highest BCUT2D eigenvalue weighted by Gasteiger charge is 2.32. The molecule has 1 unspecified atom stereocenters. The van der Waals surface area contributed by atoms with Crippen molar-refractivity contribution in [1.29, 1.82) is 0 Å². The van der Waals surface area contributed by atoms with E-state index < -0.39 is 28.0 Å². The number of para-hydroxylation sites is 1. The zero-order valence-corrected chi connectivity index (χ0v) is 19.6. The molecule has 1 saturated heterocycles. The molecule has 2 aromatic carbocycles. The Balaban J connectivity index is 1.62. The normalized spacial score (nSPS) is 15.5. The maximum Gasteiger partial charge on any atom is 0.341 e. The minimum absolute atomic E-state index is 0.147. The molecule has 0 bridgehead atoms. The molecule has 176 valence electrons. The number of sulfonamides is 1. The van der Waals surface area contributed by atoms with Crippen LogP contribution in [-0.2, 0) is 24.3 Å². The first-order valence-corrected chi connectivity index (χ1v) is 12.0. The van der Waals surface area contributed by atoms with Gasteiger partial charge in [-0.3, -0.25) is 9.59 Å². The van der Waals surface area contributed by atoms with Crippen molar-refractivity contribution in [3.05, 3.63) is 59.7 Å². The van der Waals surface area contributed by atoms with Gasteiger partial charge >= 0.3 is 5.97 Å². The van der Waals surface area contributed by atoms with E-state index in [0.29, 0.717) is 11.3 Å². The first-order valence-electron chi connectivity index (χ1n) is 10.5. The summed E-state index contributed by atoms with van der Waals surface area (Å²) in [5.74, 6) is -1.46. The summed E-state index contributed by atoms with van der Waals surface area (Å²) in [6, 6.07) is 13.1. The largest absolute Gasteiger partial charge is 0.449 e. The number of nitrogens with one attached hydrogen (secondary N) is 1. The third-order valence-corrected chi connectivity index (χ3v) is 7.27. The highest BCUT2D eigenvalue weighted by molar-refractivity contribution is 7.89. The Kier molecular flexibility index (Phi) is 7.50. The van der Waals surface area contributed by atoms with E-state index in [1.165, 1.54) is 41.3 Å². The Morgan fingerprint density at radius 1 is 0.970 bits per heavy atom. The third-order valence-electron chi connectivity index (χ3n) is 5.36. The highest BCUT2D eigenvalue weighted by atomic mass is 32.2. The van der Waals surface area contributed by atoms with E-state index in [-0.39, 0.29) is 42.5 Å². The number of hydrogen-bond acceptors (Lipinski definition) is 6. The van der Waals surface area contributed by atoms with Gasteiger partial charge in [0.05, 0.1) is 16.1 Å². The van der Waals surface area contributed by atoms with Gasteiger partial charge in [-0.2, -0.15) is 4.31 Å². The van der Waals surface area contributed by atoms with Crippen LogP contribution in [0.4, 0.5) is 5.69 Å². The quantitative estimate of drug-likeness (QED) is 0.643. The summed E-state index contributed by atoms with van der Waals surface area (Å²) in [6.45, 7) is 5.23. The number of amides is 2. The second-order valence-corrected chi connectivity index (χ2v) is 9.71. The number of esters is 1. The zero-order valence-electron chi connectivity index (χ0n) is 18.8. The summed E-state index contributed by atoms with van der Waals surface area (Å²) in [6.07, 6.45) is -1.07. The van der Waals surface area contributed by atoms with Crippen molar-refractivity contribution < 1.29 is 27.5 Å². The van der Waals surface area contributed by atoms with Gasteiger partial charge in [0.2, 0.25) is 15.9 Å². The maximum absolute atomic E-state index is 12.8. The molecule has 2 amide bonds. The zero-order chi connectivity index (χ0) is 24.2. The van der Waals surface area contributed by atoms with Gasteiger partial charge in [-0.25, -0.2) is 13.2 Å². The second kappa shape index (κ2) is 10.1. The number of piperazine rings is 1. The number of anilines is 1. The Morgan fingerprint density at radius 3 is 2.21 bits per heavy atom. The standard InChI is InChI=1S/C23H27N3O6S/c1-16-8-7-11-20(21(16)24-18(3)27)23(29)32-17(2)22(28)25-12-14-26(15-13-25)33(30,31)19-9-5-4-6-10-19/h4-11,17H,12-15H2,1-3H3,(H,24,27). The smallest absolute Gasteiger partial charge is 0.341 e. The molecule has 0 saturated carbocycles. The molecule has 0 aliphatic carbocycles. The van der Waals surface area contributed by atoms with Crippen molar-refractivity contribution in [3.8, 4) is 0 Å². The lowest BCUT2D eigenvalue weighted by atomic mass is 10.1. The first-order chi connectivity index (χ1) is 15.6. The predicted octanol–water partition coefficient (Wildman–Crippen LogP) is 2.03. The molecular formula is C23H27N3O6S. The molecule has 1 fully saturated rings. The van der Waals surface area contributed by atoms with Crippen LogP contribution in [0.1, 0.15) is 29.8 Å². The van der Waals surface area contributed by atoms with E-state index >= 15 is 0 Å². The lowest BCUT2D eigenvalue weighted by Gasteiger charge is -2.35. The Hall–Kier alpha value is -3.24. The van der Waals surface area contributed by atoms with Crippen LogP contribution in [0.15, 0.2) is 53.4 Å². The van der Waals surface area contributed by atoms with Gasteiger partial charge in [-0.15, -0.1) is 0 Å². The Morgan fingerprint density at radius 2 is 1.61 bits per heavy atom. The van der Waals surface area contributed by atoms with E-state index in [1.54, 1.807) is 37.3 Å². The van der Waals surface area contributed by atoms with Gasteiger partial charge in [0.15, 0.2) is 6.10 Å². The second-order valence-electron chi connectivity index (χ2n) is 7.77. The van der Waals surface area contributed by atoms with Crippen LogP contribution >= 0.6 is 0 Å². The fourth-order valence-corrected chi connectivity index (χ4v) is 5.04. The van der Waals surface area contributed by atoms with Crippen LogP contribution in [0.25, 0.3) is 0 Å². The summed E-state index contributed by atoms with van der Waals surface area (Å²) in [5, 5.41) is 2.62. The van der Waals surface area contributed by atoms with Crippen molar-refractivity contribution >= 4 is 33.5 Å². The molecule has 0 radical (unpaired) electrons. The molecule has 2 aromatic rings. The number of hydrogen-bond donors (Lipinski definition) is 1. The SMILES string of the molecule is CC(=O)Nc1c(C)cccc1C(=O)OC(C)C(=O)N1CCN(S(=O)(=O)c2ccccc2)CC1. The van der Waals surface area contributed by atoms with Gasteiger partial charge in [-0.05, 0) is 37.6 Å². The van der Waals surface area contributed by atoms with E-state index in [9.17, 15) is 22.8 Å². The maximum atomic E-state index is 12.8. The van der Waals surface area contributed by atoms with Crippen LogP contribution in [0.3, 0.4) is 0 Å². The average molecular weight is 474 g/mol. The molecule has 3 rings (SSSR count). The van der Waals surface area contributed by atoms with Crippen LogP contribution in [0.5, 0.6) is 0 Å². The van der Waals surface area contributed by atoms with E-state index in [4.69, 9.17) is 4.74 Å². The molecule has 0 spiro atoms. The Bertz CT molecular complexity index is 1140. The molecule has 33 heavy (non-hydrogen) atoms. The van der Waals surface area contributed by atoms with E-state index in [0.717, 1.165) is 0 Å². The van der Waals surface area contributed by atoms with E-state index in [2.05, 4.69) is 5.32 Å². The number of aryl methyl sites for hydroxylation is 1. The molecule has 1 heterocycles. The van der Waals surface area contributed by atoms with Crippen LogP contribution in [-0.4, -0.2) is 67.7 Å². The summed E-state index contributed by atoms with van der Waals surface area (Å²) < 4.78 is 32.2. The molecule has 0 aromatic heterocycles. The molecule has 1 atom stereocenters. The summed E-state index contributed by atoms with van der Waals surface area (Å²) in [5.41, 5.74) is 1.19. The number of carbonyl (C=O) groups is 3. The molecule has 1 aliphatic heterocycles. The van der Waals surface area contributed by atoms with Crippen molar-refractivity contribution in [2.45, 2.75) is 31.8 Å². The fourth-order valence-electron chi connectivity index (χ4n) is 3.60.